The summed E-state index contributed by atoms with van der Waals surface area (Å²) in [6.07, 6.45) is 2.73. The summed E-state index contributed by atoms with van der Waals surface area (Å²) in [6.45, 7) is 1.54. The molecule has 27 heavy (non-hydrogen) atoms. The van der Waals surface area contributed by atoms with Crippen LogP contribution in [0.5, 0.6) is 0 Å². The minimum absolute atomic E-state index is 0.192. The fourth-order valence-corrected chi connectivity index (χ4v) is 3.00. The number of nitrogens with one attached hydrogen (secondary N) is 1. The lowest BCUT2D eigenvalue weighted by Gasteiger charge is -2.29. The number of hydroxylamine groups is 1. The average molecular weight is 394 g/mol. The van der Waals surface area contributed by atoms with Crippen molar-refractivity contribution in [3.63, 3.8) is 0 Å². The van der Waals surface area contributed by atoms with Gasteiger partial charge in [0, 0.05) is 36.6 Å². The van der Waals surface area contributed by atoms with Gasteiger partial charge in [0.2, 0.25) is 6.23 Å². The zero-order chi connectivity index (χ0) is 20.0. The van der Waals surface area contributed by atoms with Crippen molar-refractivity contribution in [3.8, 4) is 23.7 Å². The van der Waals surface area contributed by atoms with E-state index in [2.05, 4.69) is 23.7 Å². The van der Waals surface area contributed by atoms with Gasteiger partial charge in [-0.05, 0) is 43.6 Å². The van der Waals surface area contributed by atoms with Gasteiger partial charge in [0.25, 0.3) is 5.56 Å². The molecule has 0 amide bonds. The summed E-state index contributed by atoms with van der Waals surface area (Å²) in [5, 5.41) is 17.0. The fraction of sp³-hybridized carbons (Fsp3) is 0.500. The van der Waals surface area contributed by atoms with Crippen molar-refractivity contribution >= 4 is 9.84 Å². The zero-order valence-electron chi connectivity index (χ0n) is 15.0. The monoisotopic (exact) mass is 394 g/mol. The molecule has 1 heterocycles. The van der Waals surface area contributed by atoms with Gasteiger partial charge in [-0.15, -0.1) is 0 Å². The third-order valence-corrected chi connectivity index (χ3v) is 5.98. The SMILES string of the molecule is CC(C(NO)On1ccc(C#CC#CC2CC(CO)C2)cc1=O)S(C)(=O)=O. The van der Waals surface area contributed by atoms with E-state index in [4.69, 9.17) is 15.2 Å². The lowest BCUT2D eigenvalue weighted by molar-refractivity contribution is -0.0611. The molecule has 0 aromatic carbocycles. The molecule has 2 atom stereocenters. The van der Waals surface area contributed by atoms with Crippen molar-refractivity contribution in [2.75, 3.05) is 12.9 Å². The minimum atomic E-state index is -3.49. The van der Waals surface area contributed by atoms with Crippen LogP contribution in [-0.4, -0.2) is 47.8 Å². The molecule has 1 aliphatic rings. The van der Waals surface area contributed by atoms with E-state index in [1.807, 2.05) is 0 Å². The van der Waals surface area contributed by atoms with Crippen LogP contribution in [-0.2, 0) is 9.84 Å². The van der Waals surface area contributed by atoms with E-state index in [9.17, 15) is 13.2 Å². The summed E-state index contributed by atoms with van der Waals surface area (Å²) in [5.41, 5.74) is 1.61. The third-order valence-electron chi connectivity index (χ3n) is 4.38. The topological polar surface area (TPSA) is 118 Å². The standard InChI is InChI=1S/C18H22N2O6S/c1-13(27(2,24)25)18(19-23)26-20-8-7-14(11-17(20)22)5-3-4-6-15-9-16(10-15)12-21/h7-8,11,13,15-16,18-19,21,23H,9-10,12H2,1-2H3. The van der Waals surface area contributed by atoms with E-state index >= 15 is 0 Å². The van der Waals surface area contributed by atoms with Crippen molar-refractivity contribution in [1.29, 1.82) is 0 Å². The first-order chi connectivity index (χ1) is 12.7. The van der Waals surface area contributed by atoms with E-state index in [0.717, 1.165) is 23.8 Å². The smallest absolute Gasteiger partial charge is 0.284 e. The van der Waals surface area contributed by atoms with Crippen molar-refractivity contribution in [2.24, 2.45) is 11.8 Å². The Kier molecular flexibility index (Phi) is 7.05. The maximum atomic E-state index is 12.1. The number of nitrogens with zero attached hydrogens (tertiary/aromatic N) is 1. The van der Waals surface area contributed by atoms with Gasteiger partial charge in [0.05, 0.1) is 0 Å². The quantitative estimate of drug-likeness (QED) is 0.335. The summed E-state index contributed by atoms with van der Waals surface area (Å²) in [7, 11) is -3.49. The summed E-state index contributed by atoms with van der Waals surface area (Å²) in [4.78, 5) is 17.3. The van der Waals surface area contributed by atoms with E-state index in [1.165, 1.54) is 25.3 Å². The van der Waals surface area contributed by atoms with Crippen molar-refractivity contribution in [1.82, 2.24) is 10.2 Å². The van der Waals surface area contributed by atoms with Gasteiger partial charge in [-0.3, -0.25) is 4.79 Å². The van der Waals surface area contributed by atoms with Crippen LogP contribution in [0.3, 0.4) is 0 Å². The van der Waals surface area contributed by atoms with Gasteiger partial charge in [-0.2, -0.15) is 10.2 Å². The van der Waals surface area contributed by atoms with E-state index in [1.54, 1.807) is 5.48 Å². The molecule has 9 heteroatoms. The Morgan fingerprint density at radius 2 is 2.11 bits per heavy atom. The summed E-state index contributed by atoms with van der Waals surface area (Å²) in [5.74, 6) is 11.8. The van der Waals surface area contributed by atoms with Gasteiger partial charge >= 0.3 is 0 Å². The van der Waals surface area contributed by atoms with Crippen LogP contribution in [0.1, 0.15) is 25.3 Å². The predicted octanol–water partition coefficient (Wildman–Crippen LogP) is -0.612. The number of aliphatic hydroxyl groups excluding tert-OH is 1. The van der Waals surface area contributed by atoms with Crippen molar-refractivity contribution in [2.45, 2.75) is 31.2 Å². The molecule has 0 radical (unpaired) electrons. The van der Waals surface area contributed by atoms with Crippen LogP contribution in [0, 0.1) is 35.5 Å². The van der Waals surface area contributed by atoms with E-state index in [0.29, 0.717) is 11.5 Å². The lowest BCUT2D eigenvalue weighted by Crippen LogP contribution is -2.49. The van der Waals surface area contributed by atoms with Gasteiger partial charge < -0.3 is 15.2 Å². The largest absolute Gasteiger partial charge is 0.396 e. The summed E-state index contributed by atoms with van der Waals surface area (Å²) >= 11 is 0. The predicted molar refractivity (Wildman–Crippen MR) is 98.3 cm³/mol. The number of pyridine rings is 1. The number of aromatic nitrogens is 1. The third kappa shape index (κ3) is 5.84. The Balaban J connectivity index is 2.03. The normalized spacial score (nSPS) is 20.9. The highest BCUT2D eigenvalue weighted by atomic mass is 32.2. The van der Waals surface area contributed by atoms with E-state index < -0.39 is 26.9 Å². The average Bonchev–Trinajstić information content (AvgIpc) is 2.58. The lowest BCUT2D eigenvalue weighted by atomic mass is 9.76. The molecule has 1 aromatic rings. The summed E-state index contributed by atoms with van der Waals surface area (Å²) < 4.78 is 23.9. The van der Waals surface area contributed by atoms with Gasteiger partial charge in [-0.25, -0.2) is 8.42 Å². The fourth-order valence-electron chi connectivity index (χ4n) is 2.44. The first-order valence-corrected chi connectivity index (χ1v) is 10.3. The Hall–Kier alpha value is -2.30. The molecule has 0 saturated heterocycles. The molecule has 1 saturated carbocycles. The molecule has 0 aliphatic heterocycles. The van der Waals surface area contributed by atoms with Crippen LogP contribution in [0.2, 0.25) is 0 Å². The molecule has 2 unspecified atom stereocenters. The molecule has 0 bridgehead atoms. The highest BCUT2D eigenvalue weighted by molar-refractivity contribution is 7.91. The highest BCUT2D eigenvalue weighted by Crippen LogP contribution is 2.32. The van der Waals surface area contributed by atoms with Crippen LogP contribution < -0.4 is 15.9 Å². The molecule has 1 fully saturated rings. The number of rotatable bonds is 6. The second-order valence-electron chi connectivity index (χ2n) is 6.51. The first kappa shape index (κ1) is 21.0. The van der Waals surface area contributed by atoms with E-state index in [-0.39, 0.29) is 12.5 Å². The van der Waals surface area contributed by atoms with Crippen LogP contribution in [0.4, 0.5) is 0 Å². The molecule has 0 spiro atoms. The van der Waals surface area contributed by atoms with Gasteiger partial charge in [0.1, 0.15) is 5.25 Å². The van der Waals surface area contributed by atoms with Crippen LogP contribution >= 0.6 is 0 Å². The Labute approximate surface area is 158 Å². The second kappa shape index (κ2) is 9.07. The molecular formula is C18H22N2O6S. The Morgan fingerprint density at radius 3 is 2.67 bits per heavy atom. The van der Waals surface area contributed by atoms with Crippen molar-refractivity contribution < 1.29 is 23.6 Å². The van der Waals surface area contributed by atoms with Gasteiger partial charge in [0.15, 0.2) is 9.84 Å². The highest BCUT2D eigenvalue weighted by Gasteiger charge is 2.28. The number of hydrogen-bond acceptors (Lipinski definition) is 7. The molecule has 1 aliphatic carbocycles. The molecule has 1 aromatic heterocycles. The Bertz CT molecular complexity index is 942. The van der Waals surface area contributed by atoms with Crippen LogP contribution in [0.15, 0.2) is 23.1 Å². The minimum Gasteiger partial charge on any atom is -0.396 e. The number of aliphatic hydroxyl groups is 1. The summed E-state index contributed by atoms with van der Waals surface area (Å²) in [6, 6.07) is 2.74. The van der Waals surface area contributed by atoms with Crippen LogP contribution in [0.25, 0.3) is 0 Å². The number of hydrogen-bond donors (Lipinski definition) is 3. The molecule has 2 rings (SSSR count). The second-order valence-corrected chi connectivity index (χ2v) is 8.91. The Morgan fingerprint density at radius 1 is 1.41 bits per heavy atom. The number of sulfone groups is 1. The first-order valence-electron chi connectivity index (χ1n) is 8.35. The van der Waals surface area contributed by atoms with Gasteiger partial charge in [-0.1, -0.05) is 11.8 Å². The molecule has 146 valence electrons. The molecule has 3 N–H and O–H groups in total. The zero-order valence-corrected chi connectivity index (χ0v) is 15.9. The van der Waals surface area contributed by atoms with Crippen molar-refractivity contribution in [3.05, 3.63) is 34.2 Å². The molecular weight excluding hydrogens is 372 g/mol. The maximum absolute atomic E-state index is 12.1. The maximum Gasteiger partial charge on any atom is 0.284 e. The molecule has 8 nitrogen and oxygen atoms in total.